The highest BCUT2D eigenvalue weighted by Crippen LogP contribution is 2.20. The van der Waals surface area contributed by atoms with Crippen molar-refractivity contribution < 1.29 is 9.90 Å². The lowest BCUT2D eigenvalue weighted by Gasteiger charge is -2.12. The van der Waals surface area contributed by atoms with Gasteiger partial charge in [0.2, 0.25) is 0 Å². The van der Waals surface area contributed by atoms with Crippen LogP contribution in [0.3, 0.4) is 0 Å². The van der Waals surface area contributed by atoms with Crippen molar-refractivity contribution in [3.63, 3.8) is 0 Å². The smallest absolute Gasteiger partial charge is 0.303 e. The van der Waals surface area contributed by atoms with Gasteiger partial charge in [0, 0.05) is 6.42 Å². The van der Waals surface area contributed by atoms with Crippen molar-refractivity contribution in [2.45, 2.75) is 129 Å². The van der Waals surface area contributed by atoms with Gasteiger partial charge in [0.1, 0.15) is 0 Å². The Balaban J connectivity index is 3.81. The van der Waals surface area contributed by atoms with Crippen molar-refractivity contribution in [2.75, 3.05) is 0 Å². The molecule has 0 radical (unpaired) electrons. The van der Waals surface area contributed by atoms with Crippen molar-refractivity contribution >= 4 is 5.97 Å². The second-order valence-electron chi connectivity index (χ2n) is 7.94. The predicted molar refractivity (Wildman–Crippen MR) is 115 cm³/mol. The Hall–Kier alpha value is -0.790. The minimum Gasteiger partial charge on any atom is -0.481 e. The Bertz CT molecular complexity index is 322. The molecule has 1 N–H and O–H groups in total. The Labute approximate surface area is 163 Å². The van der Waals surface area contributed by atoms with Crippen molar-refractivity contribution in [1.29, 1.82) is 0 Å². The third-order valence-electron chi connectivity index (χ3n) is 5.28. The molecule has 0 amide bonds. The summed E-state index contributed by atoms with van der Waals surface area (Å²) in [6.45, 7) is 4.55. The second kappa shape index (κ2) is 20.5. The quantitative estimate of drug-likeness (QED) is 0.174. The van der Waals surface area contributed by atoms with Crippen LogP contribution < -0.4 is 0 Å². The van der Waals surface area contributed by atoms with Crippen LogP contribution in [-0.4, -0.2) is 11.1 Å². The van der Waals surface area contributed by atoms with E-state index in [0.29, 0.717) is 6.42 Å². The number of carbonyl (C=O) groups is 1. The third-order valence-corrected chi connectivity index (χ3v) is 5.28. The summed E-state index contributed by atoms with van der Waals surface area (Å²) >= 11 is 0. The van der Waals surface area contributed by atoms with Gasteiger partial charge in [-0.15, -0.1) is 0 Å². The number of hydrogen-bond donors (Lipinski definition) is 1. The fourth-order valence-electron chi connectivity index (χ4n) is 3.54. The van der Waals surface area contributed by atoms with Gasteiger partial charge in [0.05, 0.1) is 0 Å². The molecule has 0 aliphatic carbocycles. The Morgan fingerprint density at radius 3 is 1.88 bits per heavy atom. The van der Waals surface area contributed by atoms with E-state index in [0.717, 1.165) is 18.8 Å². The van der Waals surface area contributed by atoms with Gasteiger partial charge in [-0.1, -0.05) is 103 Å². The lowest BCUT2D eigenvalue weighted by molar-refractivity contribution is -0.137. The molecule has 0 aromatic heterocycles. The summed E-state index contributed by atoms with van der Waals surface area (Å²) in [7, 11) is 0. The maximum atomic E-state index is 10.5. The predicted octanol–water partition coefficient (Wildman–Crippen LogP) is 8.31. The molecule has 0 rings (SSSR count). The summed E-state index contributed by atoms with van der Waals surface area (Å²) in [4.78, 5) is 10.5. The number of allylic oxidation sites excluding steroid dienone is 2. The summed E-state index contributed by atoms with van der Waals surface area (Å²) < 4.78 is 0. The highest BCUT2D eigenvalue weighted by Gasteiger charge is 2.05. The zero-order valence-electron chi connectivity index (χ0n) is 17.8. The molecule has 0 aromatic carbocycles. The van der Waals surface area contributed by atoms with E-state index >= 15 is 0 Å². The molecule has 2 nitrogen and oxygen atoms in total. The minimum atomic E-state index is -0.656. The highest BCUT2D eigenvalue weighted by molar-refractivity contribution is 5.66. The number of carboxylic acids is 1. The molecule has 154 valence electrons. The van der Waals surface area contributed by atoms with Gasteiger partial charge < -0.3 is 5.11 Å². The Morgan fingerprint density at radius 1 is 0.731 bits per heavy atom. The summed E-state index contributed by atoms with van der Waals surface area (Å²) in [6, 6.07) is 0. The van der Waals surface area contributed by atoms with E-state index in [-0.39, 0.29) is 0 Å². The summed E-state index contributed by atoms with van der Waals surface area (Å²) in [5, 5.41) is 8.66. The number of aliphatic carboxylic acids is 1. The topological polar surface area (TPSA) is 37.3 Å². The largest absolute Gasteiger partial charge is 0.481 e. The lowest BCUT2D eigenvalue weighted by atomic mass is 9.93. The standard InChI is InChI=1S/C24H46O2/c1-3-5-7-8-9-10-12-16-20-23(19-15-6-4-2)21-17-13-11-14-18-22-24(25)26/h16,20,23H,3-15,17-19,21-22H2,1-2H3,(H,25,26). The first-order valence-corrected chi connectivity index (χ1v) is 11.6. The fourth-order valence-corrected chi connectivity index (χ4v) is 3.54. The van der Waals surface area contributed by atoms with E-state index in [1.807, 2.05) is 0 Å². The van der Waals surface area contributed by atoms with Crippen LogP contribution in [-0.2, 0) is 4.79 Å². The zero-order valence-corrected chi connectivity index (χ0v) is 17.8. The summed E-state index contributed by atoms with van der Waals surface area (Å²) in [5.41, 5.74) is 0. The molecule has 0 bridgehead atoms. The van der Waals surface area contributed by atoms with Crippen LogP contribution in [0.4, 0.5) is 0 Å². The molecule has 1 unspecified atom stereocenters. The lowest BCUT2D eigenvalue weighted by Crippen LogP contribution is -1.98. The van der Waals surface area contributed by atoms with E-state index in [9.17, 15) is 4.79 Å². The molecule has 26 heavy (non-hydrogen) atoms. The van der Waals surface area contributed by atoms with E-state index in [2.05, 4.69) is 26.0 Å². The molecule has 0 aliphatic heterocycles. The molecule has 0 saturated carbocycles. The summed E-state index contributed by atoms with van der Waals surface area (Å²) in [5.74, 6) is 0.108. The van der Waals surface area contributed by atoms with Crippen LogP contribution in [0.2, 0.25) is 0 Å². The average molecular weight is 367 g/mol. The van der Waals surface area contributed by atoms with Crippen molar-refractivity contribution in [2.24, 2.45) is 5.92 Å². The molecule has 0 fully saturated rings. The first-order chi connectivity index (χ1) is 12.7. The molecular formula is C24H46O2. The van der Waals surface area contributed by atoms with Crippen LogP contribution >= 0.6 is 0 Å². The van der Waals surface area contributed by atoms with Gasteiger partial charge in [-0.25, -0.2) is 0 Å². The number of hydrogen-bond acceptors (Lipinski definition) is 1. The average Bonchev–Trinajstić information content (AvgIpc) is 2.62. The van der Waals surface area contributed by atoms with Crippen molar-refractivity contribution in [3.05, 3.63) is 12.2 Å². The molecule has 0 saturated heterocycles. The van der Waals surface area contributed by atoms with Gasteiger partial charge in [-0.3, -0.25) is 4.79 Å². The Morgan fingerprint density at radius 2 is 1.23 bits per heavy atom. The van der Waals surface area contributed by atoms with Crippen LogP contribution in [0.1, 0.15) is 129 Å². The molecule has 1 atom stereocenters. The van der Waals surface area contributed by atoms with E-state index < -0.39 is 5.97 Å². The SMILES string of the molecule is CCCCCCCCC=CC(CCCCC)CCCCCCCC(=O)O. The maximum Gasteiger partial charge on any atom is 0.303 e. The molecule has 2 heteroatoms. The van der Waals surface area contributed by atoms with Gasteiger partial charge in [0.15, 0.2) is 0 Å². The van der Waals surface area contributed by atoms with E-state index in [4.69, 9.17) is 5.11 Å². The first-order valence-electron chi connectivity index (χ1n) is 11.6. The van der Waals surface area contributed by atoms with E-state index in [1.54, 1.807) is 0 Å². The zero-order chi connectivity index (χ0) is 19.3. The van der Waals surface area contributed by atoms with Gasteiger partial charge in [0.25, 0.3) is 0 Å². The third kappa shape index (κ3) is 19.5. The molecule has 0 spiro atoms. The maximum absolute atomic E-state index is 10.5. The molecular weight excluding hydrogens is 320 g/mol. The van der Waals surface area contributed by atoms with Crippen LogP contribution in [0, 0.1) is 5.92 Å². The van der Waals surface area contributed by atoms with Gasteiger partial charge >= 0.3 is 5.97 Å². The Kier molecular flexibility index (Phi) is 19.9. The summed E-state index contributed by atoms with van der Waals surface area (Å²) in [6.07, 6.45) is 27.2. The minimum absolute atomic E-state index is 0.334. The van der Waals surface area contributed by atoms with Crippen LogP contribution in [0.25, 0.3) is 0 Å². The van der Waals surface area contributed by atoms with Crippen molar-refractivity contribution in [1.82, 2.24) is 0 Å². The number of carboxylic acid groups (broad SMARTS) is 1. The normalized spacial score (nSPS) is 12.7. The molecule has 0 aliphatic rings. The molecule has 0 heterocycles. The molecule has 0 aromatic rings. The monoisotopic (exact) mass is 366 g/mol. The van der Waals surface area contributed by atoms with Gasteiger partial charge in [-0.2, -0.15) is 0 Å². The van der Waals surface area contributed by atoms with Crippen LogP contribution in [0.5, 0.6) is 0 Å². The first kappa shape index (κ1) is 25.2. The van der Waals surface area contributed by atoms with Crippen LogP contribution in [0.15, 0.2) is 12.2 Å². The number of rotatable bonds is 20. The van der Waals surface area contributed by atoms with Crippen molar-refractivity contribution in [3.8, 4) is 0 Å². The van der Waals surface area contributed by atoms with Gasteiger partial charge in [-0.05, 0) is 38.0 Å². The number of unbranched alkanes of at least 4 members (excludes halogenated alkanes) is 12. The highest BCUT2D eigenvalue weighted by atomic mass is 16.4. The van der Waals surface area contributed by atoms with E-state index in [1.165, 1.54) is 96.3 Å². The fraction of sp³-hybridized carbons (Fsp3) is 0.875. The second-order valence-corrected chi connectivity index (χ2v) is 7.94.